The van der Waals surface area contributed by atoms with Crippen LogP contribution in [-0.2, 0) is 9.59 Å². The van der Waals surface area contributed by atoms with Gasteiger partial charge in [0, 0.05) is 6.92 Å². The molecule has 0 unspecified atom stereocenters. The number of methoxy groups -OCH3 is 3. The molecule has 114 valence electrons. The van der Waals surface area contributed by atoms with E-state index in [0.717, 1.165) is 0 Å². The number of hydrogen-bond donors (Lipinski definition) is 1. The fraction of sp³-hybridized carbons (Fsp3) is 0.286. The minimum atomic E-state index is -1.50. The number of carboxylic acid groups (broad SMARTS) is 1. The van der Waals surface area contributed by atoms with Crippen molar-refractivity contribution < 1.29 is 28.9 Å². The van der Waals surface area contributed by atoms with Gasteiger partial charge in [0.25, 0.3) is 0 Å². The van der Waals surface area contributed by atoms with E-state index in [0.29, 0.717) is 22.8 Å². The Morgan fingerprint density at radius 2 is 1.62 bits per heavy atom. The number of carboxylic acids is 1. The molecule has 21 heavy (non-hydrogen) atoms. The lowest BCUT2D eigenvalue weighted by Crippen LogP contribution is -2.34. The number of rotatable bonds is 6. The van der Waals surface area contributed by atoms with Crippen molar-refractivity contribution in [1.82, 2.24) is 5.32 Å². The number of ether oxygens (including phenoxy) is 3. The lowest BCUT2D eigenvalue weighted by molar-refractivity contribution is -0.299. The van der Waals surface area contributed by atoms with Gasteiger partial charge < -0.3 is 29.4 Å². The summed E-state index contributed by atoms with van der Waals surface area (Å²) in [4.78, 5) is 22.0. The number of nitrogens with one attached hydrogen (secondary N) is 1. The summed E-state index contributed by atoms with van der Waals surface area (Å²) in [5.41, 5.74) is 0.0780. The van der Waals surface area contributed by atoms with E-state index in [-0.39, 0.29) is 5.70 Å². The lowest BCUT2D eigenvalue weighted by Gasteiger charge is -2.14. The van der Waals surface area contributed by atoms with Gasteiger partial charge in [0.2, 0.25) is 11.7 Å². The molecule has 0 radical (unpaired) electrons. The highest BCUT2D eigenvalue weighted by atomic mass is 16.5. The van der Waals surface area contributed by atoms with Gasteiger partial charge in [-0.05, 0) is 23.8 Å². The van der Waals surface area contributed by atoms with Gasteiger partial charge >= 0.3 is 0 Å². The third-order valence-electron chi connectivity index (χ3n) is 2.53. The van der Waals surface area contributed by atoms with Crippen LogP contribution in [0.2, 0.25) is 0 Å². The molecule has 0 aliphatic heterocycles. The summed E-state index contributed by atoms with van der Waals surface area (Å²) in [6.45, 7) is 1.20. The summed E-state index contributed by atoms with van der Waals surface area (Å²) >= 11 is 0. The Morgan fingerprint density at radius 1 is 1.10 bits per heavy atom. The Morgan fingerprint density at radius 3 is 1.95 bits per heavy atom. The molecule has 7 heteroatoms. The zero-order valence-corrected chi connectivity index (χ0v) is 12.2. The minimum absolute atomic E-state index is 0.364. The highest BCUT2D eigenvalue weighted by Crippen LogP contribution is 2.38. The quantitative estimate of drug-likeness (QED) is 0.738. The first-order valence-corrected chi connectivity index (χ1v) is 5.93. The maximum atomic E-state index is 11.0. The maximum Gasteiger partial charge on any atom is 0.221 e. The van der Waals surface area contributed by atoms with E-state index < -0.39 is 11.9 Å². The van der Waals surface area contributed by atoms with Crippen LogP contribution in [0, 0.1) is 0 Å². The minimum Gasteiger partial charge on any atom is -0.543 e. The van der Waals surface area contributed by atoms with Crippen molar-refractivity contribution in [2.24, 2.45) is 0 Å². The van der Waals surface area contributed by atoms with Crippen LogP contribution in [0.4, 0.5) is 0 Å². The summed E-state index contributed by atoms with van der Waals surface area (Å²) in [5, 5.41) is 13.2. The predicted molar refractivity (Wildman–Crippen MR) is 72.9 cm³/mol. The normalized spacial score (nSPS) is 10.8. The monoisotopic (exact) mass is 294 g/mol. The summed E-state index contributed by atoms with van der Waals surface area (Å²) < 4.78 is 15.5. The first kappa shape index (κ1) is 16.4. The van der Waals surface area contributed by atoms with Crippen LogP contribution in [0.25, 0.3) is 6.08 Å². The molecular formula is C14H16NO6-. The van der Waals surface area contributed by atoms with Crippen molar-refractivity contribution in [3.8, 4) is 17.2 Å². The molecule has 0 heterocycles. The maximum absolute atomic E-state index is 11.0. The summed E-state index contributed by atoms with van der Waals surface area (Å²) in [6, 6.07) is 3.10. The van der Waals surface area contributed by atoms with Crippen LogP contribution in [0.3, 0.4) is 0 Å². The topological polar surface area (TPSA) is 96.9 Å². The smallest absolute Gasteiger partial charge is 0.221 e. The molecule has 1 aromatic rings. The molecule has 0 aliphatic carbocycles. The van der Waals surface area contributed by atoms with E-state index in [4.69, 9.17) is 14.2 Å². The second-order valence-corrected chi connectivity index (χ2v) is 3.99. The first-order valence-electron chi connectivity index (χ1n) is 5.93. The highest BCUT2D eigenvalue weighted by molar-refractivity contribution is 5.95. The number of amides is 1. The lowest BCUT2D eigenvalue weighted by atomic mass is 10.1. The molecule has 1 aromatic carbocycles. The summed E-state index contributed by atoms with van der Waals surface area (Å²) in [7, 11) is 4.34. The van der Waals surface area contributed by atoms with E-state index in [2.05, 4.69) is 5.32 Å². The standard InChI is InChI=1S/C14H17NO6/c1-8(16)15-10(14(17)18)5-9-6-11(19-2)13(21-4)12(7-9)20-3/h5-7H,1-4H3,(H,15,16)(H,17,18)/p-1/b10-5-. The van der Waals surface area contributed by atoms with Crippen molar-refractivity contribution in [1.29, 1.82) is 0 Å². The fourth-order valence-electron chi connectivity index (χ4n) is 1.69. The zero-order valence-electron chi connectivity index (χ0n) is 12.2. The molecule has 0 aromatic heterocycles. The molecule has 0 fully saturated rings. The average molecular weight is 294 g/mol. The number of carbonyl (C=O) groups is 2. The molecule has 1 N–H and O–H groups in total. The van der Waals surface area contributed by atoms with Crippen molar-refractivity contribution >= 4 is 18.0 Å². The van der Waals surface area contributed by atoms with E-state index in [9.17, 15) is 14.7 Å². The molecule has 0 saturated carbocycles. The molecule has 0 spiro atoms. The Balaban J connectivity index is 3.35. The van der Waals surface area contributed by atoms with Crippen LogP contribution in [0.1, 0.15) is 12.5 Å². The largest absolute Gasteiger partial charge is 0.543 e. The van der Waals surface area contributed by atoms with Crippen LogP contribution < -0.4 is 24.6 Å². The Labute approximate surface area is 122 Å². The molecule has 0 aliphatic rings. The van der Waals surface area contributed by atoms with Crippen molar-refractivity contribution in [3.05, 3.63) is 23.4 Å². The highest BCUT2D eigenvalue weighted by Gasteiger charge is 2.13. The molecule has 0 atom stereocenters. The SMILES string of the molecule is COc1cc(/C=C(\NC(C)=O)C(=O)[O-])cc(OC)c1OC. The van der Waals surface area contributed by atoms with Crippen molar-refractivity contribution in [2.75, 3.05) is 21.3 Å². The van der Waals surface area contributed by atoms with Crippen LogP contribution >= 0.6 is 0 Å². The van der Waals surface area contributed by atoms with E-state index in [1.54, 1.807) is 12.1 Å². The first-order chi connectivity index (χ1) is 9.92. The Kier molecular flexibility index (Phi) is 5.59. The third kappa shape index (κ3) is 4.13. The van der Waals surface area contributed by atoms with E-state index in [1.165, 1.54) is 34.3 Å². The molecule has 0 bridgehead atoms. The van der Waals surface area contributed by atoms with Gasteiger partial charge in [-0.2, -0.15) is 0 Å². The fourth-order valence-corrected chi connectivity index (χ4v) is 1.69. The molecular weight excluding hydrogens is 278 g/mol. The van der Waals surface area contributed by atoms with Gasteiger partial charge in [0.15, 0.2) is 11.5 Å². The molecule has 7 nitrogen and oxygen atoms in total. The average Bonchev–Trinajstić information content (AvgIpc) is 2.44. The Hall–Kier alpha value is -2.70. The second-order valence-electron chi connectivity index (χ2n) is 3.99. The van der Waals surface area contributed by atoms with Gasteiger partial charge in [-0.1, -0.05) is 0 Å². The molecule has 1 amide bonds. The van der Waals surface area contributed by atoms with E-state index >= 15 is 0 Å². The van der Waals surface area contributed by atoms with Gasteiger partial charge in [0.05, 0.1) is 33.0 Å². The Bertz CT molecular complexity index is 554. The predicted octanol–water partition coefficient (Wildman–Crippen LogP) is -0.0607. The molecule has 0 saturated heterocycles. The molecule has 1 rings (SSSR count). The summed E-state index contributed by atoms with van der Waals surface area (Å²) in [6.07, 6.45) is 1.24. The number of aliphatic carboxylic acids is 1. The van der Waals surface area contributed by atoms with Gasteiger partial charge in [0.1, 0.15) is 0 Å². The number of benzene rings is 1. The third-order valence-corrected chi connectivity index (χ3v) is 2.53. The van der Waals surface area contributed by atoms with Gasteiger partial charge in [-0.25, -0.2) is 0 Å². The number of hydrogen-bond acceptors (Lipinski definition) is 6. The van der Waals surface area contributed by atoms with Gasteiger partial charge in [-0.15, -0.1) is 0 Å². The van der Waals surface area contributed by atoms with E-state index in [1.807, 2.05) is 0 Å². The van der Waals surface area contributed by atoms with Gasteiger partial charge in [-0.3, -0.25) is 4.79 Å². The van der Waals surface area contributed by atoms with Crippen molar-refractivity contribution in [3.63, 3.8) is 0 Å². The summed E-state index contributed by atoms with van der Waals surface area (Å²) in [5.74, 6) is -0.907. The zero-order chi connectivity index (χ0) is 16.0. The van der Waals surface area contributed by atoms with Crippen molar-refractivity contribution in [2.45, 2.75) is 6.92 Å². The number of carbonyl (C=O) groups excluding carboxylic acids is 2. The second kappa shape index (κ2) is 7.18. The van der Waals surface area contributed by atoms with Crippen LogP contribution in [-0.4, -0.2) is 33.2 Å². The van der Waals surface area contributed by atoms with Crippen LogP contribution in [0.5, 0.6) is 17.2 Å². The van der Waals surface area contributed by atoms with Crippen LogP contribution in [0.15, 0.2) is 17.8 Å².